The summed E-state index contributed by atoms with van der Waals surface area (Å²) in [5, 5.41) is 13.6. The van der Waals surface area contributed by atoms with Crippen LogP contribution in [0.2, 0.25) is 0 Å². The summed E-state index contributed by atoms with van der Waals surface area (Å²) in [6.07, 6.45) is 1.58. The van der Waals surface area contributed by atoms with Crippen molar-refractivity contribution in [3.63, 3.8) is 0 Å². The molecule has 2 amide bonds. The summed E-state index contributed by atoms with van der Waals surface area (Å²) in [5.74, 6) is 0.335. The van der Waals surface area contributed by atoms with E-state index in [1.165, 1.54) is 23.1 Å². The number of carbonyl (C=O) groups excluding carboxylic acids is 2. The number of rotatable bonds is 8. The molecule has 3 heterocycles. The number of amides is 2. The number of thioether (sulfide) groups is 1. The number of thiophene rings is 1. The van der Waals surface area contributed by atoms with Crippen molar-refractivity contribution in [2.24, 2.45) is 5.73 Å². The maximum absolute atomic E-state index is 12.7. The highest BCUT2D eigenvalue weighted by Crippen LogP contribution is 2.29. The van der Waals surface area contributed by atoms with Crippen molar-refractivity contribution < 1.29 is 14.0 Å². The first-order valence-corrected chi connectivity index (χ1v) is 11.1. The Morgan fingerprint density at radius 3 is 2.71 bits per heavy atom. The maximum atomic E-state index is 12.7. The Labute approximate surface area is 186 Å². The van der Waals surface area contributed by atoms with Gasteiger partial charge in [0.1, 0.15) is 5.00 Å². The number of nitrogens with two attached hydrogens (primary N) is 1. The van der Waals surface area contributed by atoms with E-state index in [0.29, 0.717) is 33.9 Å². The minimum absolute atomic E-state index is 0.260. The molecule has 0 fully saturated rings. The average molecular weight is 454 g/mol. The van der Waals surface area contributed by atoms with Crippen molar-refractivity contribution in [3.8, 4) is 11.6 Å². The Morgan fingerprint density at radius 1 is 1.19 bits per heavy atom. The van der Waals surface area contributed by atoms with Crippen LogP contribution in [0.4, 0.5) is 5.00 Å². The van der Waals surface area contributed by atoms with E-state index in [1.54, 1.807) is 30.7 Å². The van der Waals surface area contributed by atoms with E-state index in [4.69, 9.17) is 10.2 Å². The fraction of sp³-hybridized carbons (Fsp3) is 0.143. The zero-order valence-electron chi connectivity index (χ0n) is 16.5. The second-order valence-electron chi connectivity index (χ2n) is 6.63. The Balaban J connectivity index is 1.56. The molecule has 10 heteroatoms. The van der Waals surface area contributed by atoms with Crippen LogP contribution in [0.3, 0.4) is 0 Å². The number of carbonyl (C=O) groups is 2. The molecule has 8 nitrogen and oxygen atoms in total. The molecular weight excluding hydrogens is 434 g/mol. The third-order valence-corrected chi connectivity index (χ3v) is 6.37. The quantitative estimate of drug-likeness (QED) is 0.391. The molecule has 0 bridgehead atoms. The van der Waals surface area contributed by atoms with E-state index in [1.807, 2.05) is 41.0 Å². The largest absolute Gasteiger partial charge is 0.461 e. The Kier molecular flexibility index (Phi) is 6.19. The van der Waals surface area contributed by atoms with Crippen molar-refractivity contribution in [1.29, 1.82) is 0 Å². The number of furan rings is 1. The highest BCUT2D eigenvalue weighted by atomic mass is 32.2. The average Bonchev–Trinajstić information content (AvgIpc) is 3.50. The molecule has 0 saturated heterocycles. The van der Waals surface area contributed by atoms with Gasteiger partial charge in [-0.15, -0.1) is 21.5 Å². The first kappa shape index (κ1) is 20.9. The van der Waals surface area contributed by atoms with E-state index in [0.717, 1.165) is 5.56 Å². The van der Waals surface area contributed by atoms with Crippen LogP contribution in [0.15, 0.2) is 69.7 Å². The normalized spacial score (nSPS) is 11.9. The Bertz CT molecular complexity index is 1190. The Morgan fingerprint density at radius 2 is 2.00 bits per heavy atom. The van der Waals surface area contributed by atoms with Crippen molar-refractivity contribution in [2.75, 3.05) is 5.32 Å². The van der Waals surface area contributed by atoms with Crippen molar-refractivity contribution in [1.82, 2.24) is 14.8 Å². The first-order valence-electron chi connectivity index (χ1n) is 9.38. The SMILES string of the molecule is C[C@@H](Sc1nnc(-c2ccco2)n1Cc1ccccc1)C(=O)Nc1sccc1C(N)=O. The molecule has 158 valence electrons. The number of benzene rings is 1. The van der Waals surface area contributed by atoms with E-state index < -0.39 is 11.2 Å². The molecule has 4 aromatic rings. The van der Waals surface area contributed by atoms with Crippen molar-refractivity contribution in [3.05, 3.63) is 71.3 Å². The molecule has 0 spiro atoms. The van der Waals surface area contributed by atoms with Crippen LogP contribution in [0.25, 0.3) is 11.6 Å². The summed E-state index contributed by atoms with van der Waals surface area (Å²) >= 11 is 2.53. The maximum Gasteiger partial charge on any atom is 0.251 e. The van der Waals surface area contributed by atoms with Crippen LogP contribution in [-0.2, 0) is 11.3 Å². The fourth-order valence-electron chi connectivity index (χ4n) is 2.90. The van der Waals surface area contributed by atoms with Gasteiger partial charge in [0.25, 0.3) is 5.91 Å². The molecule has 3 aromatic heterocycles. The second-order valence-corrected chi connectivity index (χ2v) is 8.86. The Hall–Kier alpha value is -3.37. The van der Waals surface area contributed by atoms with Crippen LogP contribution in [0.5, 0.6) is 0 Å². The number of nitrogens with one attached hydrogen (secondary N) is 1. The number of aromatic nitrogens is 3. The lowest BCUT2D eigenvalue weighted by molar-refractivity contribution is -0.115. The number of nitrogens with zero attached hydrogens (tertiary/aromatic N) is 3. The van der Waals surface area contributed by atoms with Crippen LogP contribution in [0, 0.1) is 0 Å². The van der Waals surface area contributed by atoms with E-state index in [9.17, 15) is 9.59 Å². The second kappa shape index (κ2) is 9.19. The summed E-state index contributed by atoms with van der Waals surface area (Å²) in [6, 6.07) is 15.1. The third-order valence-electron chi connectivity index (χ3n) is 4.46. The topological polar surface area (TPSA) is 116 Å². The molecule has 4 rings (SSSR count). The number of primary amides is 1. The van der Waals surface area contributed by atoms with E-state index in [-0.39, 0.29) is 5.91 Å². The van der Waals surface area contributed by atoms with Crippen LogP contribution in [0.1, 0.15) is 22.8 Å². The first-order chi connectivity index (χ1) is 15.0. The monoisotopic (exact) mass is 453 g/mol. The highest BCUT2D eigenvalue weighted by molar-refractivity contribution is 8.00. The lowest BCUT2D eigenvalue weighted by Crippen LogP contribution is -2.24. The highest BCUT2D eigenvalue weighted by Gasteiger charge is 2.23. The summed E-state index contributed by atoms with van der Waals surface area (Å²) in [7, 11) is 0. The van der Waals surface area contributed by atoms with Gasteiger partial charge in [0.15, 0.2) is 10.9 Å². The van der Waals surface area contributed by atoms with Gasteiger partial charge in [-0.1, -0.05) is 42.1 Å². The van der Waals surface area contributed by atoms with Gasteiger partial charge in [-0.2, -0.15) is 0 Å². The minimum atomic E-state index is -0.581. The molecule has 0 aliphatic heterocycles. The van der Waals surface area contributed by atoms with Gasteiger partial charge < -0.3 is 15.5 Å². The number of hydrogen-bond donors (Lipinski definition) is 2. The summed E-state index contributed by atoms with van der Waals surface area (Å²) in [6.45, 7) is 2.29. The van der Waals surface area contributed by atoms with Gasteiger partial charge in [0.05, 0.1) is 23.6 Å². The van der Waals surface area contributed by atoms with Crippen LogP contribution < -0.4 is 11.1 Å². The molecule has 31 heavy (non-hydrogen) atoms. The van der Waals surface area contributed by atoms with E-state index >= 15 is 0 Å². The molecule has 1 atom stereocenters. The molecule has 3 N–H and O–H groups in total. The zero-order chi connectivity index (χ0) is 21.8. The number of anilines is 1. The molecule has 0 unspecified atom stereocenters. The minimum Gasteiger partial charge on any atom is -0.461 e. The molecule has 0 saturated carbocycles. The lowest BCUT2D eigenvalue weighted by Gasteiger charge is -2.13. The van der Waals surface area contributed by atoms with Gasteiger partial charge in [0.2, 0.25) is 11.7 Å². The molecule has 0 aliphatic carbocycles. The van der Waals surface area contributed by atoms with Crippen LogP contribution in [-0.4, -0.2) is 31.8 Å². The summed E-state index contributed by atoms with van der Waals surface area (Å²) in [5.41, 5.74) is 6.72. The molecule has 1 aromatic carbocycles. The molecule has 0 radical (unpaired) electrons. The fourth-order valence-corrected chi connectivity index (χ4v) is 4.54. The van der Waals surface area contributed by atoms with Gasteiger partial charge in [0, 0.05) is 0 Å². The predicted octanol–water partition coefficient (Wildman–Crippen LogP) is 3.87. The van der Waals surface area contributed by atoms with Gasteiger partial charge >= 0.3 is 0 Å². The lowest BCUT2D eigenvalue weighted by atomic mass is 10.2. The predicted molar refractivity (Wildman–Crippen MR) is 120 cm³/mol. The van der Waals surface area contributed by atoms with Crippen molar-refractivity contribution >= 4 is 39.9 Å². The zero-order valence-corrected chi connectivity index (χ0v) is 18.2. The smallest absolute Gasteiger partial charge is 0.251 e. The summed E-state index contributed by atoms with van der Waals surface area (Å²) < 4.78 is 7.43. The molecular formula is C21H19N5O3S2. The van der Waals surface area contributed by atoms with Crippen molar-refractivity contribution in [2.45, 2.75) is 23.9 Å². The van der Waals surface area contributed by atoms with Gasteiger partial charge in [-0.05, 0) is 36.1 Å². The van der Waals surface area contributed by atoms with Crippen LogP contribution >= 0.6 is 23.1 Å². The number of hydrogen-bond acceptors (Lipinski definition) is 7. The summed E-state index contributed by atoms with van der Waals surface area (Å²) in [4.78, 5) is 24.2. The molecule has 0 aliphatic rings. The third kappa shape index (κ3) is 4.70. The van der Waals surface area contributed by atoms with Gasteiger partial charge in [-0.25, -0.2) is 0 Å². The van der Waals surface area contributed by atoms with E-state index in [2.05, 4.69) is 15.5 Å². The standard InChI is InChI=1S/C21H19N5O3S2/c1-13(19(28)23-20-15(17(22)27)9-11-30-20)31-21-25-24-18(16-8-5-10-29-16)26(21)12-14-6-3-2-4-7-14/h2-11,13H,12H2,1H3,(H2,22,27)(H,23,28)/t13-/m1/s1. The van der Waals surface area contributed by atoms with Gasteiger partial charge in [-0.3, -0.25) is 14.2 Å².